The monoisotopic (exact) mass is 344 g/mol. The molecule has 1 aliphatic carbocycles. The predicted octanol–water partition coefficient (Wildman–Crippen LogP) is 3.02. The van der Waals surface area contributed by atoms with Crippen LogP contribution in [0.15, 0.2) is 35.1 Å². The second-order valence-electron chi connectivity index (χ2n) is 6.19. The van der Waals surface area contributed by atoms with Crippen molar-refractivity contribution in [3.63, 3.8) is 0 Å². The van der Waals surface area contributed by atoms with Crippen LogP contribution in [0.1, 0.15) is 24.0 Å². The molecule has 0 saturated carbocycles. The summed E-state index contributed by atoms with van der Waals surface area (Å²) in [5.41, 5.74) is 3.56. The van der Waals surface area contributed by atoms with Crippen LogP contribution in [0.3, 0.4) is 0 Å². The average Bonchev–Trinajstić information content (AvgIpc) is 2.87. The molecule has 2 aromatic rings. The lowest BCUT2D eigenvalue weighted by molar-refractivity contribution is 0.231. The zero-order chi connectivity index (χ0) is 14.3. The van der Waals surface area contributed by atoms with Crippen molar-refractivity contribution in [3.05, 3.63) is 46.2 Å². The number of halogens is 1. The van der Waals surface area contributed by atoms with Crippen LogP contribution in [0.2, 0.25) is 0 Å². The highest BCUT2D eigenvalue weighted by Gasteiger charge is 2.40. The molecule has 5 heteroatoms. The fraction of sp³-hybridized carbons (Fsp3) is 0.438. The first-order valence-corrected chi connectivity index (χ1v) is 8.20. The van der Waals surface area contributed by atoms with Crippen molar-refractivity contribution in [2.24, 2.45) is 5.41 Å². The number of piperidine rings is 1. The second kappa shape index (κ2) is 5.05. The highest BCUT2D eigenvalue weighted by Crippen LogP contribution is 2.44. The van der Waals surface area contributed by atoms with Gasteiger partial charge in [-0.3, -0.25) is 0 Å². The quantitative estimate of drug-likeness (QED) is 0.797. The van der Waals surface area contributed by atoms with Gasteiger partial charge in [-0.25, -0.2) is 4.98 Å². The van der Waals surface area contributed by atoms with Crippen LogP contribution in [0, 0.1) is 5.41 Å². The summed E-state index contributed by atoms with van der Waals surface area (Å²) in [5, 5.41) is 8.21. The fourth-order valence-electron chi connectivity index (χ4n) is 3.71. The molecule has 2 heterocycles. The second-order valence-corrected chi connectivity index (χ2v) is 7.00. The number of nitrogens with zero attached hydrogens (tertiary/aromatic N) is 4. The lowest BCUT2D eigenvalue weighted by atomic mass is 9.76. The summed E-state index contributed by atoms with van der Waals surface area (Å²) < 4.78 is 0.686. The summed E-state index contributed by atoms with van der Waals surface area (Å²) in [6, 6.07) is 8.90. The molecule has 1 saturated heterocycles. The van der Waals surface area contributed by atoms with E-state index in [1.165, 1.54) is 25.7 Å². The summed E-state index contributed by atoms with van der Waals surface area (Å²) >= 11 is 3.28. The van der Waals surface area contributed by atoms with Crippen LogP contribution in [-0.2, 0) is 12.8 Å². The SMILES string of the molecule is Brc1cnc(N2CCC3(CC2)Cc2ccccc2C3)nn1. The Balaban J connectivity index is 1.47. The van der Waals surface area contributed by atoms with E-state index >= 15 is 0 Å². The average molecular weight is 345 g/mol. The third-order valence-electron chi connectivity index (χ3n) is 4.88. The van der Waals surface area contributed by atoms with Crippen molar-refractivity contribution in [3.8, 4) is 0 Å². The molecule has 1 aromatic carbocycles. The maximum Gasteiger partial charge on any atom is 0.245 e. The van der Waals surface area contributed by atoms with Crippen molar-refractivity contribution >= 4 is 21.9 Å². The van der Waals surface area contributed by atoms with E-state index in [2.05, 4.69) is 60.3 Å². The van der Waals surface area contributed by atoms with Crippen LogP contribution in [0.5, 0.6) is 0 Å². The first-order chi connectivity index (χ1) is 10.2. The van der Waals surface area contributed by atoms with Crippen molar-refractivity contribution < 1.29 is 0 Å². The van der Waals surface area contributed by atoms with E-state index in [1.807, 2.05) is 0 Å². The molecule has 4 nitrogen and oxygen atoms in total. The van der Waals surface area contributed by atoms with Crippen molar-refractivity contribution in [2.75, 3.05) is 18.0 Å². The van der Waals surface area contributed by atoms with E-state index in [-0.39, 0.29) is 0 Å². The van der Waals surface area contributed by atoms with Gasteiger partial charge < -0.3 is 4.90 Å². The van der Waals surface area contributed by atoms with Gasteiger partial charge in [0.2, 0.25) is 5.95 Å². The number of fused-ring (bicyclic) bond motifs is 1. The molecule has 1 aliphatic heterocycles. The normalized spacial score (nSPS) is 19.8. The van der Waals surface area contributed by atoms with E-state index < -0.39 is 0 Å². The highest BCUT2D eigenvalue weighted by atomic mass is 79.9. The molecule has 0 N–H and O–H groups in total. The van der Waals surface area contributed by atoms with Gasteiger partial charge in [-0.1, -0.05) is 24.3 Å². The molecule has 0 unspecified atom stereocenters. The number of anilines is 1. The van der Waals surface area contributed by atoms with Crippen LogP contribution < -0.4 is 4.90 Å². The van der Waals surface area contributed by atoms with E-state index in [0.717, 1.165) is 19.0 Å². The minimum absolute atomic E-state index is 0.461. The lowest BCUT2D eigenvalue weighted by Gasteiger charge is -2.39. The molecular formula is C16H17BrN4. The Morgan fingerprint density at radius 3 is 2.24 bits per heavy atom. The largest absolute Gasteiger partial charge is 0.339 e. The molecule has 21 heavy (non-hydrogen) atoms. The summed E-state index contributed by atoms with van der Waals surface area (Å²) in [5.74, 6) is 0.753. The van der Waals surface area contributed by atoms with Gasteiger partial charge in [-0.05, 0) is 58.2 Å². The third kappa shape index (κ3) is 2.44. The Kier molecular flexibility index (Phi) is 3.17. The summed E-state index contributed by atoms with van der Waals surface area (Å²) in [4.78, 5) is 6.62. The lowest BCUT2D eigenvalue weighted by Crippen LogP contribution is -2.41. The molecule has 0 amide bonds. The molecule has 1 spiro atoms. The van der Waals surface area contributed by atoms with Gasteiger partial charge in [0.05, 0.1) is 6.20 Å². The molecule has 0 atom stereocenters. The summed E-state index contributed by atoms with van der Waals surface area (Å²) in [6.45, 7) is 2.05. The first-order valence-electron chi connectivity index (χ1n) is 7.41. The van der Waals surface area contributed by atoms with E-state index in [1.54, 1.807) is 17.3 Å². The number of hydrogen-bond acceptors (Lipinski definition) is 4. The Bertz CT molecular complexity index is 621. The molecular weight excluding hydrogens is 328 g/mol. The van der Waals surface area contributed by atoms with Gasteiger partial charge in [0.1, 0.15) is 4.60 Å². The molecule has 4 rings (SSSR count). The van der Waals surface area contributed by atoms with Gasteiger partial charge in [-0.15, -0.1) is 10.2 Å². The van der Waals surface area contributed by atoms with Gasteiger partial charge in [0.25, 0.3) is 0 Å². The standard InChI is InChI=1S/C16H17BrN4/c17-14-11-18-15(20-19-14)21-7-5-16(6-8-21)9-12-3-1-2-4-13(12)10-16/h1-4,11H,5-10H2. The zero-order valence-corrected chi connectivity index (χ0v) is 13.4. The Morgan fingerprint density at radius 2 is 1.67 bits per heavy atom. The van der Waals surface area contributed by atoms with Crippen molar-refractivity contribution in [2.45, 2.75) is 25.7 Å². The topological polar surface area (TPSA) is 41.9 Å². The van der Waals surface area contributed by atoms with E-state index in [0.29, 0.717) is 10.0 Å². The molecule has 2 aliphatic rings. The van der Waals surface area contributed by atoms with Crippen molar-refractivity contribution in [1.82, 2.24) is 15.2 Å². The van der Waals surface area contributed by atoms with E-state index in [9.17, 15) is 0 Å². The highest BCUT2D eigenvalue weighted by molar-refractivity contribution is 9.10. The number of benzene rings is 1. The Labute approximate surface area is 132 Å². The van der Waals surface area contributed by atoms with E-state index in [4.69, 9.17) is 0 Å². The smallest absolute Gasteiger partial charge is 0.245 e. The van der Waals surface area contributed by atoms with Crippen molar-refractivity contribution in [1.29, 1.82) is 0 Å². The summed E-state index contributed by atoms with van der Waals surface area (Å²) in [7, 11) is 0. The maximum absolute atomic E-state index is 4.36. The minimum Gasteiger partial charge on any atom is -0.339 e. The maximum atomic E-state index is 4.36. The molecule has 1 fully saturated rings. The zero-order valence-electron chi connectivity index (χ0n) is 11.8. The number of rotatable bonds is 1. The van der Waals surface area contributed by atoms with Crippen LogP contribution >= 0.6 is 15.9 Å². The van der Waals surface area contributed by atoms with Gasteiger partial charge in [0, 0.05) is 13.1 Å². The van der Waals surface area contributed by atoms with Crippen LogP contribution in [0.4, 0.5) is 5.95 Å². The molecule has 0 bridgehead atoms. The van der Waals surface area contributed by atoms with Gasteiger partial charge >= 0.3 is 0 Å². The van der Waals surface area contributed by atoms with Crippen LogP contribution in [0.25, 0.3) is 0 Å². The van der Waals surface area contributed by atoms with Gasteiger partial charge in [-0.2, -0.15) is 0 Å². The fourth-order valence-corrected chi connectivity index (χ4v) is 3.89. The molecule has 108 valence electrons. The first kappa shape index (κ1) is 13.2. The molecule has 0 radical (unpaired) electrons. The Hall–Kier alpha value is -1.49. The Morgan fingerprint density at radius 1 is 1.00 bits per heavy atom. The summed E-state index contributed by atoms with van der Waals surface area (Å²) in [6.07, 6.45) is 6.60. The minimum atomic E-state index is 0.461. The predicted molar refractivity (Wildman–Crippen MR) is 85.3 cm³/mol. The third-order valence-corrected chi connectivity index (χ3v) is 5.24. The number of hydrogen-bond donors (Lipinski definition) is 0. The molecule has 1 aromatic heterocycles. The van der Waals surface area contributed by atoms with Gasteiger partial charge in [0.15, 0.2) is 0 Å². The number of aromatic nitrogens is 3. The van der Waals surface area contributed by atoms with Crippen LogP contribution in [-0.4, -0.2) is 28.3 Å².